The fraction of sp³-hybridized carbons (Fsp3) is 0.545. The number of nitrogens with zero attached hydrogens (tertiary/aromatic N) is 1. The molecule has 1 amide bonds. The van der Waals surface area contributed by atoms with Gasteiger partial charge in [-0.2, -0.15) is 0 Å². The SMILES string of the molecule is Cc1nc(CNC(=O)C2(CN)CC2)sc1C(=O)O. The standard InChI is InChI=1S/C11H15N3O3S/c1-6-8(9(15)16)18-7(14-6)4-13-10(17)11(5-12)2-3-11/h2-5,12H2,1H3,(H,13,17)(H,15,16). The van der Waals surface area contributed by atoms with E-state index >= 15 is 0 Å². The molecule has 1 aromatic heterocycles. The van der Waals surface area contributed by atoms with Gasteiger partial charge in [-0.1, -0.05) is 0 Å². The van der Waals surface area contributed by atoms with Crippen LogP contribution < -0.4 is 11.1 Å². The molecule has 1 aliphatic rings. The quantitative estimate of drug-likeness (QED) is 0.722. The fourth-order valence-corrected chi connectivity index (χ4v) is 2.59. The van der Waals surface area contributed by atoms with Gasteiger partial charge in [0.15, 0.2) is 0 Å². The van der Waals surface area contributed by atoms with Gasteiger partial charge in [0, 0.05) is 6.54 Å². The maximum Gasteiger partial charge on any atom is 0.347 e. The lowest BCUT2D eigenvalue weighted by molar-refractivity contribution is -0.126. The molecular weight excluding hydrogens is 254 g/mol. The van der Waals surface area contributed by atoms with Crippen molar-refractivity contribution in [2.24, 2.45) is 11.1 Å². The molecule has 1 saturated carbocycles. The van der Waals surface area contributed by atoms with Crippen LogP contribution in [0.2, 0.25) is 0 Å². The minimum absolute atomic E-state index is 0.0604. The zero-order valence-corrected chi connectivity index (χ0v) is 10.8. The molecule has 6 nitrogen and oxygen atoms in total. The van der Waals surface area contributed by atoms with Crippen LogP contribution in [-0.2, 0) is 11.3 Å². The van der Waals surface area contributed by atoms with Gasteiger partial charge in [-0.3, -0.25) is 4.79 Å². The zero-order valence-electron chi connectivity index (χ0n) is 10.0. The summed E-state index contributed by atoms with van der Waals surface area (Å²) in [6.07, 6.45) is 1.65. The predicted molar refractivity (Wildman–Crippen MR) is 66.4 cm³/mol. The Morgan fingerprint density at radius 1 is 1.56 bits per heavy atom. The molecule has 2 rings (SSSR count). The molecule has 0 bridgehead atoms. The summed E-state index contributed by atoms with van der Waals surface area (Å²) in [6, 6.07) is 0. The predicted octanol–water partition coefficient (Wildman–Crippen LogP) is 0.505. The topological polar surface area (TPSA) is 105 Å². The summed E-state index contributed by atoms with van der Waals surface area (Å²) >= 11 is 1.09. The van der Waals surface area contributed by atoms with Crippen LogP contribution in [0.4, 0.5) is 0 Å². The smallest absolute Gasteiger partial charge is 0.347 e. The van der Waals surface area contributed by atoms with E-state index in [0.717, 1.165) is 24.2 Å². The molecule has 0 unspecified atom stereocenters. The Labute approximate surface area is 108 Å². The van der Waals surface area contributed by atoms with Gasteiger partial charge in [-0.15, -0.1) is 11.3 Å². The number of thiazole rings is 1. The number of aryl methyl sites for hydroxylation is 1. The third-order valence-corrected chi connectivity index (χ3v) is 4.31. The van der Waals surface area contributed by atoms with Crippen molar-refractivity contribution >= 4 is 23.2 Å². The third-order valence-electron chi connectivity index (χ3n) is 3.16. The van der Waals surface area contributed by atoms with E-state index in [0.29, 0.717) is 17.2 Å². The van der Waals surface area contributed by atoms with Crippen molar-refractivity contribution in [1.29, 1.82) is 0 Å². The molecule has 0 aromatic carbocycles. The van der Waals surface area contributed by atoms with Crippen LogP contribution in [0.3, 0.4) is 0 Å². The lowest BCUT2D eigenvalue weighted by Crippen LogP contribution is -2.36. The minimum Gasteiger partial charge on any atom is -0.477 e. The van der Waals surface area contributed by atoms with Gasteiger partial charge in [0.05, 0.1) is 17.7 Å². The number of aromatic nitrogens is 1. The van der Waals surface area contributed by atoms with E-state index < -0.39 is 5.97 Å². The highest BCUT2D eigenvalue weighted by molar-refractivity contribution is 7.13. The molecule has 0 atom stereocenters. The Kier molecular flexibility index (Phi) is 3.36. The van der Waals surface area contributed by atoms with Crippen molar-refractivity contribution in [1.82, 2.24) is 10.3 Å². The monoisotopic (exact) mass is 269 g/mol. The molecule has 1 fully saturated rings. The second-order valence-corrected chi connectivity index (χ2v) is 5.58. The number of carbonyl (C=O) groups is 2. The van der Waals surface area contributed by atoms with Gasteiger partial charge in [0.25, 0.3) is 0 Å². The normalized spacial score (nSPS) is 16.3. The first kappa shape index (κ1) is 13.0. The molecule has 0 aliphatic heterocycles. The molecule has 0 spiro atoms. The first-order valence-corrected chi connectivity index (χ1v) is 6.48. The Morgan fingerprint density at radius 2 is 2.22 bits per heavy atom. The molecule has 98 valence electrons. The minimum atomic E-state index is -0.983. The first-order valence-electron chi connectivity index (χ1n) is 5.66. The second kappa shape index (κ2) is 4.66. The molecule has 1 aliphatic carbocycles. The summed E-state index contributed by atoms with van der Waals surface area (Å²) in [5.41, 5.74) is 5.65. The van der Waals surface area contributed by atoms with E-state index in [1.54, 1.807) is 6.92 Å². The number of rotatable bonds is 5. The Morgan fingerprint density at radius 3 is 2.67 bits per heavy atom. The van der Waals surface area contributed by atoms with Gasteiger partial charge in [-0.05, 0) is 19.8 Å². The number of carboxylic acid groups (broad SMARTS) is 1. The summed E-state index contributed by atoms with van der Waals surface area (Å²) in [5, 5.41) is 12.3. The largest absolute Gasteiger partial charge is 0.477 e. The van der Waals surface area contributed by atoms with E-state index in [9.17, 15) is 9.59 Å². The fourth-order valence-electron chi connectivity index (χ4n) is 1.74. The van der Waals surface area contributed by atoms with Crippen LogP contribution in [0, 0.1) is 12.3 Å². The highest BCUT2D eigenvalue weighted by Crippen LogP contribution is 2.44. The molecule has 0 radical (unpaired) electrons. The molecule has 0 saturated heterocycles. The van der Waals surface area contributed by atoms with Crippen LogP contribution in [-0.4, -0.2) is 28.5 Å². The zero-order chi connectivity index (χ0) is 13.3. The summed E-state index contributed by atoms with van der Waals surface area (Å²) in [5.74, 6) is -1.04. The second-order valence-electron chi connectivity index (χ2n) is 4.49. The highest BCUT2D eigenvalue weighted by Gasteiger charge is 2.48. The van der Waals surface area contributed by atoms with Crippen LogP contribution in [0.25, 0.3) is 0 Å². The van der Waals surface area contributed by atoms with Gasteiger partial charge < -0.3 is 16.2 Å². The van der Waals surface area contributed by atoms with Gasteiger partial charge in [0.1, 0.15) is 9.88 Å². The first-order chi connectivity index (χ1) is 8.48. The van der Waals surface area contributed by atoms with Crippen LogP contribution in [0.5, 0.6) is 0 Å². The van der Waals surface area contributed by atoms with Gasteiger partial charge in [0.2, 0.25) is 5.91 Å². The average Bonchev–Trinajstić information content (AvgIpc) is 3.04. The van der Waals surface area contributed by atoms with E-state index in [1.165, 1.54) is 0 Å². The number of carboxylic acids is 1. The summed E-state index contributed by atoms with van der Waals surface area (Å²) in [7, 11) is 0. The Hall–Kier alpha value is -1.47. The Bertz CT molecular complexity index is 494. The maximum absolute atomic E-state index is 11.8. The molecule has 4 N–H and O–H groups in total. The van der Waals surface area contributed by atoms with Gasteiger partial charge >= 0.3 is 5.97 Å². The van der Waals surface area contributed by atoms with E-state index in [4.69, 9.17) is 10.8 Å². The van der Waals surface area contributed by atoms with E-state index in [2.05, 4.69) is 10.3 Å². The van der Waals surface area contributed by atoms with Crippen LogP contribution in [0.1, 0.15) is 33.2 Å². The van der Waals surface area contributed by atoms with Crippen molar-refractivity contribution < 1.29 is 14.7 Å². The molecular formula is C11H15N3O3S. The summed E-state index contributed by atoms with van der Waals surface area (Å²) < 4.78 is 0. The van der Waals surface area contributed by atoms with Crippen molar-refractivity contribution in [3.8, 4) is 0 Å². The number of aromatic carboxylic acids is 1. The third kappa shape index (κ3) is 2.37. The molecule has 18 heavy (non-hydrogen) atoms. The average molecular weight is 269 g/mol. The maximum atomic E-state index is 11.8. The van der Waals surface area contributed by atoms with Crippen LogP contribution in [0.15, 0.2) is 0 Å². The van der Waals surface area contributed by atoms with Crippen molar-refractivity contribution in [2.45, 2.75) is 26.3 Å². The van der Waals surface area contributed by atoms with Crippen molar-refractivity contribution in [3.05, 3.63) is 15.6 Å². The number of nitrogens with one attached hydrogen (secondary N) is 1. The van der Waals surface area contributed by atoms with Crippen molar-refractivity contribution in [2.75, 3.05) is 6.54 Å². The summed E-state index contributed by atoms with van der Waals surface area (Å²) in [6.45, 7) is 2.27. The molecule has 7 heteroatoms. The lowest BCUT2D eigenvalue weighted by Gasteiger charge is -2.11. The lowest BCUT2D eigenvalue weighted by atomic mass is 10.1. The summed E-state index contributed by atoms with van der Waals surface area (Å²) in [4.78, 5) is 27.0. The number of hydrogen-bond donors (Lipinski definition) is 3. The van der Waals surface area contributed by atoms with E-state index in [1.807, 2.05) is 0 Å². The molecule has 1 heterocycles. The van der Waals surface area contributed by atoms with E-state index in [-0.39, 0.29) is 22.7 Å². The highest BCUT2D eigenvalue weighted by atomic mass is 32.1. The number of carbonyl (C=O) groups excluding carboxylic acids is 1. The van der Waals surface area contributed by atoms with Gasteiger partial charge in [-0.25, -0.2) is 9.78 Å². The van der Waals surface area contributed by atoms with Crippen molar-refractivity contribution in [3.63, 3.8) is 0 Å². The number of hydrogen-bond acceptors (Lipinski definition) is 5. The molecule has 1 aromatic rings. The number of nitrogens with two attached hydrogens (primary N) is 1. The van der Waals surface area contributed by atoms with Crippen LogP contribution >= 0.6 is 11.3 Å². The number of amides is 1. The Balaban J connectivity index is 1.96.